The van der Waals surface area contributed by atoms with Gasteiger partial charge in [0.05, 0.1) is 18.8 Å². The van der Waals surface area contributed by atoms with Crippen molar-refractivity contribution < 1.29 is 19.0 Å². The molecule has 36 heavy (non-hydrogen) atoms. The number of fused-ring (bicyclic) bond motifs is 2. The number of rotatable bonds is 5. The highest BCUT2D eigenvalue weighted by atomic mass is 32.1. The van der Waals surface area contributed by atoms with Crippen LogP contribution in [0, 0.1) is 6.92 Å². The van der Waals surface area contributed by atoms with E-state index in [2.05, 4.69) is 41.3 Å². The zero-order valence-electron chi connectivity index (χ0n) is 20.2. The smallest absolute Gasteiger partial charge is 0.259 e. The Bertz CT molecular complexity index is 1390. The second-order valence-corrected chi connectivity index (χ2v) is 10.5. The lowest BCUT2D eigenvalue weighted by Gasteiger charge is -2.24. The SMILES string of the molecule is Cc1ccc(-c2cc3c(c(OC[C@H]4CCCCO4)c2)OCCN(C(=O)c2cnn4cccnc24)C3)s1. The number of aromatic nitrogens is 3. The highest BCUT2D eigenvalue weighted by Crippen LogP contribution is 2.40. The minimum absolute atomic E-state index is 0.0917. The number of hydrogen-bond donors (Lipinski definition) is 0. The summed E-state index contributed by atoms with van der Waals surface area (Å²) in [4.78, 5) is 22.1. The van der Waals surface area contributed by atoms with E-state index in [0.29, 0.717) is 49.0 Å². The van der Waals surface area contributed by atoms with Gasteiger partial charge in [-0.1, -0.05) is 0 Å². The van der Waals surface area contributed by atoms with Gasteiger partial charge in [-0.2, -0.15) is 5.10 Å². The number of nitrogens with zero attached hydrogens (tertiary/aromatic N) is 4. The Morgan fingerprint density at radius 1 is 1.25 bits per heavy atom. The molecule has 9 heteroatoms. The van der Waals surface area contributed by atoms with Crippen molar-refractivity contribution in [2.45, 2.75) is 38.8 Å². The molecule has 1 aromatic carbocycles. The largest absolute Gasteiger partial charge is 0.487 e. The molecule has 2 aliphatic rings. The van der Waals surface area contributed by atoms with Crippen LogP contribution in [-0.4, -0.2) is 57.9 Å². The van der Waals surface area contributed by atoms with Gasteiger partial charge in [-0.3, -0.25) is 4.79 Å². The molecule has 2 aliphatic heterocycles. The first-order chi connectivity index (χ1) is 17.7. The van der Waals surface area contributed by atoms with Gasteiger partial charge < -0.3 is 19.1 Å². The minimum atomic E-state index is -0.115. The Balaban J connectivity index is 1.33. The van der Waals surface area contributed by atoms with Crippen molar-refractivity contribution in [3.05, 3.63) is 64.9 Å². The minimum Gasteiger partial charge on any atom is -0.487 e. The molecule has 0 aliphatic carbocycles. The number of benzene rings is 1. The molecule has 1 fully saturated rings. The third-order valence-corrected chi connectivity index (χ3v) is 7.67. The zero-order chi connectivity index (χ0) is 24.5. The third-order valence-electron chi connectivity index (χ3n) is 6.62. The van der Waals surface area contributed by atoms with E-state index in [1.54, 1.807) is 45.4 Å². The van der Waals surface area contributed by atoms with Crippen LogP contribution in [0.4, 0.5) is 0 Å². The average molecular weight is 505 g/mol. The van der Waals surface area contributed by atoms with E-state index >= 15 is 0 Å². The maximum Gasteiger partial charge on any atom is 0.259 e. The van der Waals surface area contributed by atoms with Crippen LogP contribution >= 0.6 is 11.3 Å². The van der Waals surface area contributed by atoms with Gasteiger partial charge in [-0.15, -0.1) is 11.3 Å². The fourth-order valence-electron chi connectivity index (χ4n) is 4.77. The molecule has 0 radical (unpaired) electrons. The number of thiophene rings is 1. The molecular formula is C27H28N4O4S. The lowest BCUT2D eigenvalue weighted by atomic mass is 10.1. The Labute approximate surface area is 213 Å². The van der Waals surface area contributed by atoms with Crippen molar-refractivity contribution in [3.63, 3.8) is 0 Å². The first kappa shape index (κ1) is 23.0. The summed E-state index contributed by atoms with van der Waals surface area (Å²) in [7, 11) is 0. The summed E-state index contributed by atoms with van der Waals surface area (Å²) in [6.45, 7) is 4.61. The van der Waals surface area contributed by atoms with Crippen molar-refractivity contribution >= 4 is 22.9 Å². The molecule has 0 bridgehead atoms. The van der Waals surface area contributed by atoms with Crippen LogP contribution in [0.2, 0.25) is 0 Å². The number of carbonyl (C=O) groups is 1. The molecule has 6 rings (SSSR count). The summed E-state index contributed by atoms with van der Waals surface area (Å²) in [6.07, 6.45) is 8.40. The molecule has 0 saturated carbocycles. The Morgan fingerprint density at radius 3 is 3.03 bits per heavy atom. The maximum atomic E-state index is 13.5. The van der Waals surface area contributed by atoms with Gasteiger partial charge in [-0.25, -0.2) is 9.50 Å². The molecule has 0 unspecified atom stereocenters. The molecule has 5 heterocycles. The van der Waals surface area contributed by atoms with E-state index < -0.39 is 0 Å². The second-order valence-electron chi connectivity index (χ2n) is 9.19. The number of carbonyl (C=O) groups excluding carboxylic acids is 1. The average Bonchev–Trinajstić information content (AvgIpc) is 3.47. The predicted molar refractivity (Wildman–Crippen MR) is 137 cm³/mol. The molecule has 1 amide bonds. The van der Waals surface area contributed by atoms with E-state index in [-0.39, 0.29) is 12.0 Å². The topological polar surface area (TPSA) is 78.2 Å². The zero-order valence-corrected chi connectivity index (χ0v) is 21.0. The van der Waals surface area contributed by atoms with E-state index in [1.165, 1.54) is 4.88 Å². The highest BCUT2D eigenvalue weighted by molar-refractivity contribution is 7.15. The summed E-state index contributed by atoms with van der Waals surface area (Å²) in [6, 6.07) is 10.2. The number of hydrogen-bond acceptors (Lipinski definition) is 7. The summed E-state index contributed by atoms with van der Waals surface area (Å²) >= 11 is 1.74. The van der Waals surface area contributed by atoms with Gasteiger partial charge in [-0.05, 0) is 62.1 Å². The lowest BCUT2D eigenvalue weighted by molar-refractivity contribution is -0.0115. The van der Waals surface area contributed by atoms with Crippen molar-refractivity contribution in [1.82, 2.24) is 19.5 Å². The normalized spacial score (nSPS) is 17.9. The number of aryl methyl sites for hydroxylation is 1. The molecule has 8 nitrogen and oxygen atoms in total. The van der Waals surface area contributed by atoms with Crippen LogP contribution in [0.3, 0.4) is 0 Å². The van der Waals surface area contributed by atoms with E-state index in [4.69, 9.17) is 14.2 Å². The van der Waals surface area contributed by atoms with Gasteiger partial charge in [0.25, 0.3) is 5.91 Å². The number of amides is 1. The Kier molecular flexibility index (Phi) is 6.33. The van der Waals surface area contributed by atoms with Crippen molar-refractivity contribution in [1.29, 1.82) is 0 Å². The van der Waals surface area contributed by atoms with Crippen LogP contribution in [0.5, 0.6) is 11.5 Å². The second kappa shape index (κ2) is 9.91. The fraction of sp³-hybridized carbons (Fsp3) is 0.370. The van der Waals surface area contributed by atoms with E-state index in [0.717, 1.165) is 41.9 Å². The van der Waals surface area contributed by atoms with E-state index in [9.17, 15) is 4.79 Å². The molecule has 4 aromatic rings. The summed E-state index contributed by atoms with van der Waals surface area (Å²) < 4.78 is 20.0. The van der Waals surface area contributed by atoms with E-state index in [1.807, 2.05) is 0 Å². The maximum absolute atomic E-state index is 13.5. The molecule has 1 atom stereocenters. The van der Waals surface area contributed by atoms with Gasteiger partial charge >= 0.3 is 0 Å². The standard InChI is InChI=1S/C27H28N4O4S/c1-18-6-7-24(36-18)19-13-20-16-30(27(32)22-15-29-31-9-4-8-28-26(22)31)10-12-34-25(20)23(14-19)35-17-21-5-2-3-11-33-21/h4,6-9,13-15,21H,2-3,5,10-12,16-17H2,1H3/t21-/m1/s1. The molecule has 1 saturated heterocycles. The van der Waals surface area contributed by atoms with Crippen LogP contribution in [0.1, 0.15) is 40.1 Å². The van der Waals surface area contributed by atoms with Crippen LogP contribution < -0.4 is 9.47 Å². The Morgan fingerprint density at radius 2 is 2.19 bits per heavy atom. The van der Waals surface area contributed by atoms with Crippen LogP contribution in [0.25, 0.3) is 16.1 Å². The molecule has 0 spiro atoms. The Hall–Kier alpha value is -3.43. The van der Waals surface area contributed by atoms with Crippen LogP contribution in [-0.2, 0) is 11.3 Å². The van der Waals surface area contributed by atoms with Gasteiger partial charge in [0.15, 0.2) is 17.1 Å². The molecular weight excluding hydrogens is 476 g/mol. The van der Waals surface area contributed by atoms with Crippen molar-refractivity contribution in [3.8, 4) is 21.9 Å². The molecule has 0 N–H and O–H groups in total. The first-order valence-corrected chi connectivity index (χ1v) is 13.2. The van der Waals surface area contributed by atoms with Crippen molar-refractivity contribution in [2.24, 2.45) is 0 Å². The van der Waals surface area contributed by atoms with Crippen LogP contribution in [0.15, 0.2) is 48.9 Å². The third kappa shape index (κ3) is 4.56. The summed E-state index contributed by atoms with van der Waals surface area (Å²) in [5.41, 5.74) is 3.01. The fourth-order valence-corrected chi connectivity index (χ4v) is 5.62. The van der Waals surface area contributed by atoms with Crippen molar-refractivity contribution in [2.75, 3.05) is 26.4 Å². The molecule has 186 valence electrons. The summed E-state index contributed by atoms with van der Waals surface area (Å²) in [5, 5.41) is 4.29. The van der Waals surface area contributed by atoms with Gasteiger partial charge in [0.1, 0.15) is 18.8 Å². The predicted octanol–water partition coefficient (Wildman–Crippen LogP) is 4.75. The lowest BCUT2D eigenvalue weighted by Crippen LogP contribution is -2.32. The highest BCUT2D eigenvalue weighted by Gasteiger charge is 2.27. The summed E-state index contributed by atoms with van der Waals surface area (Å²) in [5.74, 6) is 1.29. The molecule has 3 aromatic heterocycles. The quantitative estimate of drug-likeness (QED) is 0.390. The number of ether oxygens (including phenoxy) is 3. The first-order valence-electron chi connectivity index (χ1n) is 12.3. The monoisotopic (exact) mass is 504 g/mol. The van der Waals surface area contributed by atoms with Gasteiger partial charge in [0, 0.05) is 40.9 Å². The van der Waals surface area contributed by atoms with Gasteiger partial charge in [0.2, 0.25) is 0 Å².